The van der Waals surface area contributed by atoms with Crippen LogP contribution in [0.2, 0.25) is 0 Å². The Morgan fingerprint density at radius 2 is 2.18 bits per heavy atom. The molecule has 1 aromatic heterocycles. The molecule has 114 valence electrons. The molecule has 22 heavy (non-hydrogen) atoms. The predicted octanol–water partition coefficient (Wildman–Crippen LogP) is 0.631. The molecule has 1 amide bonds. The van der Waals surface area contributed by atoms with Crippen LogP contribution in [0.5, 0.6) is 11.5 Å². The average molecular weight is 301 g/mol. The standard InChI is InChI=1S/C15H15N3O4/c1-17(14(19)9-18-6-2-5-16-15(18)20)8-11-3-4-12-13(7-11)22-10-21-12/h2-7H,8-10H2,1H3. The van der Waals surface area contributed by atoms with Crippen LogP contribution in [-0.2, 0) is 17.9 Å². The number of carbonyl (C=O) groups is 1. The van der Waals surface area contributed by atoms with Gasteiger partial charge in [-0.1, -0.05) is 6.07 Å². The fourth-order valence-electron chi connectivity index (χ4n) is 2.18. The van der Waals surface area contributed by atoms with Gasteiger partial charge in [-0.05, 0) is 23.8 Å². The van der Waals surface area contributed by atoms with E-state index in [0.29, 0.717) is 18.0 Å². The van der Waals surface area contributed by atoms with E-state index in [4.69, 9.17) is 9.47 Å². The second kappa shape index (κ2) is 5.88. The van der Waals surface area contributed by atoms with Crippen molar-refractivity contribution in [3.63, 3.8) is 0 Å². The fourth-order valence-corrected chi connectivity index (χ4v) is 2.18. The van der Waals surface area contributed by atoms with Crippen molar-refractivity contribution in [2.45, 2.75) is 13.1 Å². The summed E-state index contributed by atoms with van der Waals surface area (Å²) in [5.74, 6) is 1.22. The van der Waals surface area contributed by atoms with Gasteiger partial charge in [0.05, 0.1) is 0 Å². The fraction of sp³-hybridized carbons (Fsp3) is 0.267. The highest BCUT2D eigenvalue weighted by molar-refractivity contribution is 5.75. The molecule has 2 heterocycles. The molecule has 2 aromatic rings. The highest BCUT2D eigenvalue weighted by Crippen LogP contribution is 2.32. The zero-order valence-electron chi connectivity index (χ0n) is 12.1. The van der Waals surface area contributed by atoms with E-state index >= 15 is 0 Å². The molecular formula is C15H15N3O4. The molecule has 3 rings (SSSR count). The van der Waals surface area contributed by atoms with Crippen LogP contribution in [-0.4, -0.2) is 34.2 Å². The summed E-state index contributed by atoms with van der Waals surface area (Å²) in [6.45, 7) is 0.607. The van der Waals surface area contributed by atoms with E-state index in [1.54, 1.807) is 24.2 Å². The Morgan fingerprint density at radius 3 is 3.00 bits per heavy atom. The van der Waals surface area contributed by atoms with Gasteiger partial charge in [-0.15, -0.1) is 0 Å². The first-order valence-corrected chi connectivity index (χ1v) is 6.77. The van der Waals surface area contributed by atoms with Crippen molar-refractivity contribution in [1.82, 2.24) is 14.5 Å². The average Bonchev–Trinajstić information content (AvgIpc) is 2.97. The summed E-state index contributed by atoms with van der Waals surface area (Å²) in [6.07, 6.45) is 2.95. The molecule has 1 aliphatic heterocycles. The largest absolute Gasteiger partial charge is 0.454 e. The first kappa shape index (κ1) is 14.1. The SMILES string of the molecule is CN(Cc1ccc2c(c1)OCO2)C(=O)Cn1cccnc1=O. The summed E-state index contributed by atoms with van der Waals surface area (Å²) in [5.41, 5.74) is 0.492. The van der Waals surface area contributed by atoms with Crippen LogP contribution in [0.3, 0.4) is 0 Å². The molecule has 7 nitrogen and oxygen atoms in total. The van der Waals surface area contributed by atoms with Gasteiger partial charge >= 0.3 is 5.69 Å². The van der Waals surface area contributed by atoms with Crippen molar-refractivity contribution in [3.05, 3.63) is 52.7 Å². The number of hydrogen-bond donors (Lipinski definition) is 0. The van der Waals surface area contributed by atoms with Gasteiger partial charge in [0.2, 0.25) is 12.7 Å². The Labute approximate surface area is 126 Å². The van der Waals surface area contributed by atoms with Crippen molar-refractivity contribution in [3.8, 4) is 11.5 Å². The van der Waals surface area contributed by atoms with E-state index in [1.807, 2.05) is 18.2 Å². The number of likely N-dealkylation sites (N-methyl/N-ethyl adjacent to an activating group) is 1. The maximum absolute atomic E-state index is 12.2. The summed E-state index contributed by atoms with van der Waals surface area (Å²) in [6, 6.07) is 7.17. The Hall–Kier alpha value is -2.83. The number of hydrogen-bond acceptors (Lipinski definition) is 5. The maximum atomic E-state index is 12.2. The van der Waals surface area contributed by atoms with Gasteiger partial charge in [-0.25, -0.2) is 9.78 Å². The van der Waals surface area contributed by atoms with E-state index in [0.717, 1.165) is 5.56 Å². The van der Waals surface area contributed by atoms with Crippen LogP contribution < -0.4 is 15.2 Å². The quantitative estimate of drug-likeness (QED) is 0.828. The van der Waals surface area contributed by atoms with Gasteiger partial charge in [0.15, 0.2) is 11.5 Å². The Kier molecular flexibility index (Phi) is 3.78. The highest BCUT2D eigenvalue weighted by atomic mass is 16.7. The Morgan fingerprint density at radius 1 is 1.36 bits per heavy atom. The van der Waals surface area contributed by atoms with Crippen molar-refractivity contribution in [2.75, 3.05) is 13.8 Å². The molecule has 7 heteroatoms. The molecule has 0 spiro atoms. The number of benzene rings is 1. The third-order valence-corrected chi connectivity index (χ3v) is 3.37. The smallest absolute Gasteiger partial charge is 0.347 e. The lowest BCUT2D eigenvalue weighted by Gasteiger charge is -2.18. The molecule has 1 aromatic carbocycles. The number of fused-ring (bicyclic) bond motifs is 1. The molecule has 0 aliphatic carbocycles. The highest BCUT2D eigenvalue weighted by Gasteiger charge is 2.15. The van der Waals surface area contributed by atoms with Crippen molar-refractivity contribution in [1.29, 1.82) is 0 Å². The second-order valence-corrected chi connectivity index (χ2v) is 4.97. The summed E-state index contributed by atoms with van der Waals surface area (Å²) < 4.78 is 11.8. The lowest BCUT2D eigenvalue weighted by Crippen LogP contribution is -2.34. The van der Waals surface area contributed by atoms with E-state index in [2.05, 4.69) is 4.98 Å². The van der Waals surface area contributed by atoms with Crippen LogP contribution in [0.15, 0.2) is 41.5 Å². The topological polar surface area (TPSA) is 73.7 Å². The van der Waals surface area contributed by atoms with Crippen molar-refractivity contribution >= 4 is 5.91 Å². The monoisotopic (exact) mass is 301 g/mol. The lowest BCUT2D eigenvalue weighted by atomic mass is 10.2. The van der Waals surface area contributed by atoms with Gasteiger partial charge in [0.25, 0.3) is 0 Å². The Balaban J connectivity index is 1.66. The van der Waals surface area contributed by atoms with Crippen molar-refractivity contribution < 1.29 is 14.3 Å². The van der Waals surface area contributed by atoms with Gasteiger partial charge in [-0.2, -0.15) is 0 Å². The minimum Gasteiger partial charge on any atom is -0.454 e. The summed E-state index contributed by atoms with van der Waals surface area (Å²) in [4.78, 5) is 28.9. The van der Waals surface area contributed by atoms with E-state index < -0.39 is 5.69 Å². The minimum absolute atomic E-state index is 0.0340. The number of carbonyl (C=O) groups excluding carboxylic acids is 1. The third kappa shape index (κ3) is 2.93. The molecule has 0 unspecified atom stereocenters. The van der Waals surface area contributed by atoms with Crippen LogP contribution in [0.1, 0.15) is 5.56 Å². The van der Waals surface area contributed by atoms with E-state index in [9.17, 15) is 9.59 Å². The number of aromatic nitrogens is 2. The predicted molar refractivity (Wildman–Crippen MR) is 77.5 cm³/mol. The first-order chi connectivity index (χ1) is 10.6. The second-order valence-electron chi connectivity index (χ2n) is 4.97. The molecule has 1 aliphatic rings. The molecule has 0 N–H and O–H groups in total. The van der Waals surface area contributed by atoms with Gasteiger partial charge in [0.1, 0.15) is 6.54 Å². The molecular weight excluding hydrogens is 286 g/mol. The van der Waals surface area contributed by atoms with Crippen LogP contribution >= 0.6 is 0 Å². The first-order valence-electron chi connectivity index (χ1n) is 6.77. The summed E-state index contributed by atoms with van der Waals surface area (Å²) >= 11 is 0. The number of rotatable bonds is 4. The van der Waals surface area contributed by atoms with Crippen LogP contribution in [0.4, 0.5) is 0 Å². The third-order valence-electron chi connectivity index (χ3n) is 3.37. The zero-order chi connectivity index (χ0) is 15.5. The van der Waals surface area contributed by atoms with E-state index in [-0.39, 0.29) is 19.2 Å². The van der Waals surface area contributed by atoms with E-state index in [1.165, 1.54) is 10.8 Å². The molecule has 0 radical (unpaired) electrons. The number of amides is 1. The molecule has 0 atom stereocenters. The lowest BCUT2D eigenvalue weighted by molar-refractivity contribution is -0.131. The molecule has 0 bridgehead atoms. The minimum atomic E-state index is -0.438. The van der Waals surface area contributed by atoms with Gasteiger partial charge in [-0.3, -0.25) is 9.36 Å². The van der Waals surface area contributed by atoms with Crippen LogP contribution in [0.25, 0.3) is 0 Å². The number of nitrogens with zero attached hydrogens (tertiary/aromatic N) is 3. The maximum Gasteiger partial charge on any atom is 0.347 e. The number of ether oxygens (including phenoxy) is 2. The van der Waals surface area contributed by atoms with Crippen LogP contribution in [0, 0.1) is 0 Å². The van der Waals surface area contributed by atoms with Gasteiger partial charge < -0.3 is 14.4 Å². The van der Waals surface area contributed by atoms with Gasteiger partial charge in [0, 0.05) is 26.0 Å². The normalized spacial score (nSPS) is 12.2. The van der Waals surface area contributed by atoms with Crippen molar-refractivity contribution in [2.24, 2.45) is 0 Å². The zero-order valence-corrected chi connectivity index (χ0v) is 12.1. The molecule has 0 saturated heterocycles. The summed E-state index contributed by atoms with van der Waals surface area (Å²) in [7, 11) is 1.69. The molecule has 0 fully saturated rings. The summed E-state index contributed by atoms with van der Waals surface area (Å²) in [5, 5.41) is 0. The Bertz CT molecular complexity index is 756. The molecule has 0 saturated carbocycles.